The Morgan fingerprint density at radius 3 is 2.37 bits per heavy atom. The molecule has 0 saturated heterocycles. The first-order valence-corrected chi connectivity index (χ1v) is 10.8. The Morgan fingerprint density at radius 1 is 0.933 bits per heavy atom. The van der Waals surface area contributed by atoms with Crippen LogP contribution in [0.1, 0.15) is 49.4 Å². The number of carbonyl (C=O) groups excluding carboxylic acids is 2. The van der Waals surface area contributed by atoms with Crippen LogP contribution in [-0.2, 0) is 4.79 Å². The van der Waals surface area contributed by atoms with Crippen molar-refractivity contribution in [1.29, 1.82) is 0 Å². The molecule has 0 radical (unpaired) electrons. The highest BCUT2D eigenvalue weighted by atomic mass is 16.2. The van der Waals surface area contributed by atoms with E-state index >= 15 is 0 Å². The summed E-state index contributed by atoms with van der Waals surface area (Å²) in [5.74, 6) is 0.536. The number of nitrogens with one attached hydrogen (secondary N) is 1. The van der Waals surface area contributed by atoms with Crippen LogP contribution >= 0.6 is 0 Å². The molecule has 30 heavy (non-hydrogen) atoms. The Hall–Kier alpha value is -3.14. The SMILES string of the molecule is CCN(C(=O)c1ccc(NC(=O)CC2CCCC2)cc1)c1cccc2ccccc12. The molecule has 4 nitrogen and oxygen atoms in total. The van der Waals surface area contributed by atoms with Crippen molar-refractivity contribution in [1.82, 2.24) is 0 Å². The van der Waals surface area contributed by atoms with Crippen molar-refractivity contribution in [2.75, 3.05) is 16.8 Å². The predicted molar refractivity (Wildman–Crippen MR) is 123 cm³/mol. The second-order valence-corrected chi connectivity index (χ2v) is 8.03. The van der Waals surface area contributed by atoms with E-state index in [1.807, 2.05) is 49.4 Å². The van der Waals surface area contributed by atoms with Gasteiger partial charge in [-0.2, -0.15) is 0 Å². The molecule has 1 aliphatic carbocycles. The lowest BCUT2D eigenvalue weighted by Crippen LogP contribution is -2.30. The third kappa shape index (κ3) is 4.38. The number of benzene rings is 3. The van der Waals surface area contributed by atoms with Gasteiger partial charge in [0.15, 0.2) is 0 Å². The summed E-state index contributed by atoms with van der Waals surface area (Å²) in [7, 11) is 0. The fourth-order valence-electron chi connectivity index (χ4n) is 4.41. The van der Waals surface area contributed by atoms with Crippen molar-refractivity contribution in [2.45, 2.75) is 39.0 Å². The average molecular weight is 401 g/mol. The third-order valence-corrected chi connectivity index (χ3v) is 5.98. The normalized spacial score (nSPS) is 14.0. The van der Waals surface area contributed by atoms with E-state index in [4.69, 9.17) is 0 Å². The minimum atomic E-state index is -0.0438. The molecule has 0 atom stereocenters. The highest BCUT2D eigenvalue weighted by Gasteiger charge is 2.20. The van der Waals surface area contributed by atoms with E-state index in [0.717, 1.165) is 35.0 Å². The van der Waals surface area contributed by atoms with Gasteiger partial charge < -0.3 is 10.2 Å². The molecule has 3 aromatic rings. The van der Waals surface area contributed by atoms with Gasteiger partial charge in [-0.1, -0.05) is 49.2 Å². The maximum absolute atomic E-state index is 13.2. The molecule has 2 amide bonds. The molecule has 1 N–H and O–H groups in total. The maximum atomic E-state index is 13.2. The summed E-state index contributed by atoms with van der Waals surface area (Å²) in [5, 5.41) is 5.14. The first-order valence-electron chi connectivity index (χ1n) is 10.8. The number of hydrogen-bond acceptors (Lipinski definition) is 2. The lowest BCUT2D eigenvalue weighted by Gasteiger charge is -2.23. The summed E-state index contributed by atoms with van der Waals surface area (Å²) < 4.78 is 0. The van der Waals surface area contributed by atoms with Gasteiger partial charge in [0.2, 0.25) is 5.91 Å². The van der Waals surface area contributed by atoms with Crippen molar-refractivity contribution >= 4 is 34.0 Å². The summed E-state index contributed by atoms with van der Waals surface area (Å²) in [6, 6.07) is 21.3. The number of nitrogens with zero attached hydrogens (tertiary/aromatic N) is 1. The molecular formula is C26H28N2O2. The molecule has 1 saturated carbocycles. The van der Waals surface area contributed by atoms with Crippen LogP contribution < -0.4 is 10.2 Å². The van der Waals surface area contributed by atoms with Gasteiger partial charge >= 0.3 is 0 Å². The summed E-state index contributed by atoms with van der Waals surface area (Å²) in [5.41, 5.74) is 2.26. The number of rotatable bonds is 6. The Kier molecular flexibility index (Phi) is 6.12. The van der Waals surface area contributed by atoms with Crippen molar-refractivity contribution in [3.8, 4) is 0 Å². The van der Waals surface area contributed by atoms with Gasteiger partial charge in [-0.15, -0.1) is 0 Å². The van der Waals surface area contributed by atoms with Gasteiger partial charge in [0.05, 0.1) is 5.69 Å². The lowest BCUT2D eigenvalue weighted by atomic mass is 10.0. The average Bonchev–Trinajstić information content (AvgIpc) is 3.27. The van der Waals surface area contributed by atoms with Crippen LogP contribution in [0, 0.1) is 5.92 Å². The molecule has 3 aromatic carbocycles. The van der Waals surface area contributed by atoms with Crippen LogP contribution in [0.15, 0.2) is 66.7 Å². The summed E-state index contributed by atoms with van der Waals surface area (Å²) in [4.78, 5) is 27.3. The zero-order chi connectivity index (χ0) is 20.9. The van der Waals surface area contributed by atoms with E-state index in [-0.39, 0.29) is 11.8 Å². The largest absolute Gasteiger partial charge is 0.326 e. The van der Waals surface area contributed by atoms with E-state index in [2.05, 4.69) is 17.4 Å². The standard InChI is InChI=1S/C26H28N2O2/c1-2-28(24-13-7-11-20-10-5-6-12-23(20)24)26(30)21-14-16-22(17-15-21)27-25(29)18-19-8-3-4-9-19/h5-7,10-17,19H,2-4,8-9,18H2,1H3,(H,27,29). The van der Waals surface area contributed by atoms with Crippen molar-refractivity contribution in [3.63, 3.8) is 0 Å². The molecule has 0 spiro atoms. The maximum Gasteiger partial charge on any atom is 0.258 e. The Balaban J connectivity index is 1.48. The minimum Gasteiger partial charge on any atom is -0.326 e. The highest BCUT2D eigenvalue weighted by Crippen LogP contribution is 2.29. The van der Waals surface area contributed by atoms with Gasteiger partial charge in [-0.05, 0) is 61.4 Å². The van der Waals surface area contributed by atoms with E-state index in [1.165, 1.54) is 12.8 Å². The minimum absolute atomic E-state index is 0.0438. The monoisotopic (exact) mass is 400 g/mol. The van der Waals surface area contributed by atoms with E-state index in [9.17, 15) is 9.59 Å². The quantitative estimate of drug-likeness (QED) is 0.549. The Bertz CT molecular complexity index is 1030. The van der Waals surface area contributed by atoms with E-state index in [1.54, 1.807) is 17.0 Å². The second kappa shape index (κ2) is 9.12. The topological polar surface area (TPSA) is 49.4 Å². The van der Waals surface area contributed by atoms with Crippen LogP contribution in [0.4, 0.5) is 11.4 Å². The summed E-state index contributed by atoms with van der Waals surface area (Å²) in [6.45, 7) is 2.56. The smallest absolute Gasteiger partial charge is 0.258 e. The van der Waals surface area contributed by atoms with Gasteiger partial charge in [-0.25, -0.2) is 0 Å². The first-order chi connectivity index (χ1) is 14.7. The number of carbonyl (C=O) groups is 2. The Morgan fingerprint density at radius 2 is 1.63 bits per heavy atom. The number of hydrogen-bond donors (Lipinski definition) is 1. The molecule has 4 rings (SSSR count). The third-order valence-electron chi connectivity index (χ3n) is 5.98. The summed E-state index contributed by atoms with van der Waals surface area (Å²) in [6.07, 6.45) is 5.37. The molecule has 1 fully saturated rings. The summed E-state index contributed by atoms with van der Waals surface area (Å²) >= 11 is 0. The van der Waals surface area contributed by atoms with Crippen LogP contribution in [0.3, 0.4) is 0 Å². The first kappa shape index (κ1) is 20.1. The fraction of sp³-hybridized carbons (Fsp3) is 0.308. The zero-order valence-electron chi connectivity index (χ0n) is 17.4. The molecule has 0 bridgehead atoms. The highest BCUT2D eigenvalue weighted by molar-refractivity contribution is 6.11. The van der Waals surface area contributed by atoms with Crippen molar-refractivity contribution in [2.24, 2.45) is 5.92 Å². The van der Waals surface area contributed by atoms with Gasteiger partial charge in [0.1, 0.15) is 0 Å². The van der Waals surface area contributed by atoms with E-state index in [0.29, 0.717) is 24.4 Å². The zero-order valence-corrected chi connectivity index (χ0v) is 17.4. The van der Waals surface area contributed by atoms with Crippen LogP contribution in [0.5, 0.6) is 0 Å². The second-order valence-electron chi connectivity index (χ2n) is 8.03. The lowest BCUT2D eigenvalue weighted by molar-refractivity contribution is -0.117. The molecule has 0 unspecified atom stereocenters. The van der Waals surface area contributed by atoms with Crippen LogP contribution in [-0.4, -0.2) is 18.4 Å². The predicted octanol–water partition coefficient (Wildman–Crippen LogP) is 6.03. The van der Waals surface area contributed by atoms with Gasteiger partial charge in [-0.3, -0.25) is 9.59 Å². The van der Waals surface area contributed by atoms with Crippen molar-refractivity contribution < 1.29 is 9.59 Å². The molecule has 1 aliphatic rings. The van der Waals surface area contributed by atoms with Gasteiger partial charge in [0, 0.05) is 29.6 Å². The van der Waals surface area contributed by atoms with E-state index < -0.39 is 0 Å². The van der Waals surface area contributed by atoms with Crippen LogP contribution in [0.2, 0.25) is 0 Å². The molecule has 154 valence electrons. The molecule has 4 heteroatoms. The fourth-order valence-corrected chi connectivity index (χ4v) is 4.41. The van der Waals surface area contributed by atoms with Crippen LogP contribution in [0.25, 0.3) is 10.8 Å². The number of anilines is 2. The molecular weight excluding hydrogens is 372 g/mol. The Labute approximate surface area is 177 Å². The molecule has 0 aliphatic heterocycles. The van der Waals surface area contributed by atoms with Crippen molar-refractivity contribution in [3.05, 3.63) is 72.3 Å². The molecule has 0 heterocycles. The number of amides is 2. The number of fused-ring (bicyclic) bond motifs is 1. The molecule has 0 aromatic heterocycles. The van der Waals surface area contributed by atoms with Gasteiger partial charge in [0.25, 0.3) is 5.91 Å².